The van der Waals surface area contributed by atoms with Gasteiger partial charge in [-0.05, 0) is 24.1 Å². The van der Waals surface area contributed by atoms with E-state index in [0.29, 0.717) is 18.8 Å². The lowest BCUT2D eigenvalue weighted by Crippen LogP contribution is -2.39. The van der Waals surface area contributed by atoms with Crippen LogP contribution in [0.3, 0.4) is 0 Å². The topological polar surface area (TPSA) is 113 Å². The lowest BCUT2D eigenvalue weighted by Gasteiger charge is -2.26. The summed E-state index contributed by atoms with van der Waals surface area (Å²) >= 11 is 0. The second kappa shape index (κ2) is 11.0. The SMILES string of the molecule is CCCCn1c(N)c(N(CCC(=O)Nc2ccccc2)Cc2ccccc2)c(=O)[nH]c1=O. The number of nitrogens with one attached hydrogen (secondary N) is 2. The summed E-state index contributed by atoms with van der Waals surface area (Å²) in [5.41, 5.74) is 7.10. The molecule has 0 radical (unpaired) electrons. The number of hydrogen-bond donors (Lipinski definition) is 3. The summed E-state index contributed by atoms with van der Waals surface area (Å²) in [4.78, 5) is 41.7. The molecule has 0 atom stereocenters. The van der Waals surface area contributed by atoms with Crippen molar-refractivity contribution in [3.63, 3.8) is 0 Å². The third-order valence-corrected chi connectivity index (χ3v) is 5.15. The highest BCUT2D eigenvalue weighted by molar-refractivity contribution is 5.91. The van der Waals surface area contributed by atoms with Gasteiger partial charge in [-0.2, -0.15) is 0 Å². The molecule has 4 N–H and O–H groups in total. The fourth-order valence-corrected chi connectivity index (χ4v) is 3.48. The predicted molar refractivity (Wildman–Crippen MR) is 128 cm³/mol. The quantitative estimate of drug-likeness (QED) is 0.453. The third kappa shape index (κ3) is 5.87. The van der Waals surface area contributed by atoms with Crippen LogP contribution in [-0.2, 0) is 17.9 Å². The van der Waals surface area contributed by atoms with Gasteiger partial charge in [-0.3, -0.25) is 19.1 Å². The molecule has 3 rings (SSSR count). The van der Waals surface area contributed by atoms with Crippen molar-refractivity contribution in [3.05, 3.63) is 87.1 Å². The van der Waals surface area contributed by atoms with Gasteiger partial charge in [-0.15, -0.1) is 0 Å². The van der Waals surface area contributed by atoms with Gasteiger partial charge in [0.2, 0.25) is 5.91 Å². The molecule has 1 heterocycles. The van der Waals surface area contributed by atoms with Gasteiger partial charge < -0.3 is 16.0 Å². The first-order chi connectivity index (χ1) is 15.5. The molecule has 32 heavy (non-hydrogen) atoms. The highest BCUT2D eigenvalue weighted by Crippen LogP contribution is 2.20. The highest BCUT2D eigenvalue weighted by Gasteiger charge is 2.20. The number of aromatic amines is 1. The van der Waals surface area contributed by atoms with E-state index in [9.17, 15) is 14.4 Å². The van der Waals surface area contributed by atoms with Crippen LogP contribution in [0.2, 0.25) is 0 Å². The lowest BCUT2D eigenvalue weighted by molar-refractivity contribution is -0.116. The lowest BCUT2D eigenvalue weighted by atomic mass is 10.2. The third-order valence-electron chi connectivity index (χ3n) is 5.15. The molecule has 0 saturated carbocycles. The molecule has 0 spiro atoms. The van der Waals surface area contributed by atoms with Crippen LogP contribution in [0.1, 0.15) is 31.7 Å². The summed E-state index contributed by atoms with van der Waals surface area (Å²) in [5, 5.41) is 2.85. The number of aromatic nitrogens is 2. The smallest absolute Gasteiger partial charge is 0.330 e. The minimum atomic E-state index is -0.556. The van der Waals surface area contributed by atoms with Gasteiger partial charge in [0.1, 0.15) is 11.5 Å². The second-order valence-corrected chi connectivity index (χ2v) is 7.57. The van der Waals surface area contributed by atoms with Crippen molar-refractivity contribution < 1.29 is 4.79 Å². The number of hydrogen-bond acceptors (Lipinski definition) is 5. The molecule has 3 aromatic rings. The molecular weight excluding hydrogens is 406 g/mol. The fraction of sp³-hybridized carbons (Fsp3) is 0.292. The van der Waals surface area contributed by atoms with E-state index in [0.717, 1.165) is 18.4 Å². The zero-order chi connectivity index (χ0) is 22.9. The van der Waals surface area contributed by atoms with Crippen LogP contribution in [0.4, 0.5) is 17.2 Å². The van der Waals surface area contributed by atoms with Crippen LogP contribution in [0.15, 0.2) is 70.3 Å². The monoisotopic (exact) mass is 435 g/mol. The maximum absolute atomic E-state index is 12.8. The molecule has 2 aromatic carbocycles. The van der Waals surface area contributed by atoms with Gasteiger partial charge in [0.25, 0.3) is 5.56 Å². The van der Waals surface area contributed by atoms with E-state index >= 15 is 0 Å². The maximum atomic E-state index is 12.8. The molecule has 0 unspecified atom stereocenters. The number of nitrogens with zero attached hydrogens (tertiary/aromatic N) is 2. The average molecular weight is 436 g/mol. The minimum absolute atomic E-state index is 0.117. The molecule has 0 bridgehead atoms. The number of carbonyl (C=O) groups is 1. The molecule has 0 aliphatic heterocycles. The number of nitrogens with two attached hydrogens (primary N) is 1. The van der Waals surface area contributed by atoms with Crippen LogP contribution in [0, 0.1) is 0 Å². The van der Waals surface area contributed by atoms with Crippen LogP contribution < -0.4 is 27.2 Å². The van der Waals surface area contributed by atoms with Crippen molar-refractivity contribution in [2.45, 2.75) is 39.3 Å². The van der Waals surface area contributed by atoms with Gasteiger partial charge in [0.15, 0.2) is 0 Å². The fourth-order valence-electron chi connectivity index (χ4n) is 3.48. The van der Waals surface area contributed by atoms with Crippen molar-refractivity contribution >= 4 is 23.1 Å². The number of unbranched alkanes of at least 4 members (excludes halogenated alkanes) is 1. The number of para-hydroxylation sites is 1. The van der Waals surface area contributed by atoms with Gasteiger partial charge >= 0.3 is 5.69 Å². The molecule has 1 amide bonds. The number of rotatable bonds is 10. The van der Waals surface area contributed by atoms with E-state index in [2.05, 4.69) is 10.3 Å². The van der Waals surface area contributed by atoms with Crippen LogP contribution in [0.5, 0.6) is 0 Å². The Morgan fingerprint density at radius 1 is 1.06 bits per heavy atom. The molecule has 168 valence electrons. The predicted octanol–water partition coefficient (Wildman–Crippen LogP) is 2.95. The van der Waals surface area contributed by atoms with Gasteiger partial charge in [0, 0.05) is 31.7 Å². The number of amides is 1. The number of benzene rings is 2. The first-order valence-electron chi connectivity index (χ1n) is 10.8. The van der Waals surface area contributed by atoms with Crippen molar-refractivity contribution in [2.75, 3.05) is 22.5 Å². The Balaban J connectivity index is 1.88. The number of nitrogen functional groups attached to an aromatic ring is 1. The molecule has 1 aromatic heterocycles. The average Bonchev–Trinajstić information content (AvgIpc) is 2.78. The van der Waals surface area contributed by atoms with Gasteiger partial charge in [0.05, 0.1) is 0 Å². The molecular formula is C24H29N5O3. The summed E-state index contributed by atoms with van der Waals surface area (Å²) in [6, 6.07) is 18.8. The van der Waals surface area contributed by atoms with E-state index in [4.69, 9.17) is 5.73 Å². The number of H-pyrrole nitrogens is 1. The summed E-state index contributed by atoms with van der Waals surface area (Å²) in [6.07, 6.45) is 1.79. The van der Waals surface area contributed by atoms with E-state index in [1.54, 1.807) is 4.90 Å². The Hall–Kier alpha value is -3.81. The van der Waals surface area contributed by atoms with Crippen molar-refractivity contribution in [2.24, 2.45) is 0 Å². The maximum Gasteiger partial charge on any atom is 0.330 e. The normalized spacial score (nSPS) is 10.7. The molecule has 0 saturated heterocycles. The van der Waals surface area contributed by atoms with Crippen molar-refractivity contribution in [1.82, 2.24) is 9.55 Å². The Labute approximate surface area is 186 Å². The van der Waals surface area contributed by atoms with Crippen LogP contribution in [-0.4, -0.2) is 22.0 Å². The molecule has 8 nitrogen and oxygen atoms in total. The first-order valence-corrected chi connectivity index (χ1v) is 10.8. The number of carbonyl (C=O) groups excluding carboxylic acids is 1. The largest absolute Gasteiger partial charge is 0.383 e. The molecule has 0 aliphatic carbocycles. The minimum Gasteiger partial charge on any atom is -0.383 e. The first kappa shape index (κ1) is 22.9. The van der Waals surface area contributed by atoms with E-state index in [1.807, 2.05) is 67.6 Å². The summed E-state index contributed by atoms with van der Waals surface area (Å²) in [5.74, 6) is -0.0600. The van der Waals surface area contributed by atoms with Gasteiger partial charge in [-0.1, -0.05) is 61.9 Å². The Kier molecular flexibility index (Phi) is 7.85. The molecule has 8 heteroatoms. The molecule has 0 fully saturated rings. The summed E-state index contributed by atoms with van der Waals surface area (Å²) < 4.78 is 1.39. The van der Waals surface area contributed by atoms with Crippen LogP contribution >= 0.6 is 0 Å². The standard InChI is InChI=1S/C24H29N5O3/c1-2-3-15-29-22(25)21(23(31)27-24(29)32)28(17-18-10-6-4-7-11-18)16-14-20(30)26-19-12-8-5-9-13-19/h4-13H,2-3,14-17,25H2,1H3,(H,26,30)(H,27,31,32). The van der Waals surface area contributed by atoms with E-state index in [-0.39, 0.29) is 30.4 Å². The van der Waals surface area contributed by atoms with E-state index in [1.165, 1.54) is 4.57 Å². The Bertz CT molecular complexity index is 1140. The second-order valence-electron chi connectivity index (χ2n) is 7.57. The molecule has 0 aliphatic rings. The zero-order valence-electron chi connectivity index (χ0n) is 18.2. The summed E-state index contributed by atoms with van der Waals surface area (Å²) in [6.45, 7) is 3.06. The zero-order valence-corrected chi connectivity index (χ0v) is 18.2. The number of anilines is 3. The Morgan fingerprint density at radius 3 is 2.38 bits per heavy atom. The van der Waals surface area contributed by atoms with Crippen molar-refractivity contribution in [1.29, 1.82) is 0 Å². The van der Waals surface area contributed by atoms with Crippen molar-refractivity contribution in [3.8, 4) is 0 Å². The van der Waals surface area contributed by atoms with Crippen LogP contribution in [0.25, 0.3) is 0 Å². The summed E-state index contributed by atoms with van der Waals surface area (Å²) in [7, 11) is 0. The van der Waals surface area contributed by atoms with E-state index < -0.39 is 11.2 Å². The van der Waals surface area contributed by atoms with Gasteiger partial charge in [-0.25, -0.2) is 4.79 Å². The Morgan fingerprint density at radius 2 is 1.72 bits per heavy atom. The highest BCUT2D eigenvalue weighted by atomic mass is 16.2.